The number of hydrogen-bond donors (Lipinski definition) is 3. The number of allylic oxidation sites excluding steroid dienone is 4. The molecular formula is C41H52N2O4. The van der Waals surface area contributed by atoms with Gasteiger partial charge in [0.15, 0.2) is 5.78 Å². The summed E-state index contributed by atoms with van der Waals surface area (Å²) in [5.41, 5.74) is 1.64. The topological polar surface area (TPSA) is 84.2 Å². The van der Waals surface area contributed by atoms with Crippen molar-refractivity contribution in [3.63, 3.8) is 0 Å². The van der Waals surface area contributed by atoms with E-state index < -0.39 is 11.0 Å². The van der Waals surface area contributed by atoms with Crippen molar-refractivity contribution in [3.05, 3.63) is 84.0 Å². The van der Waals surface area contributed by atoms with E-state index >= 15 is 4.79 Å². The fraction of sp³-hybridized carbons (Fsp3) is 0.585. The van der Waals surface area contributed by atoms with Crippen LogP contribution in [0.3, 0.4) is 0 Å². The van der Waals surface area contributed by atoms with Crippen LogP contribution in [0.1, 0.15) is 69.2 Å². The minimum atomic E-state index is -0.837. The van der Waals surface area contributed by atoms with Crippen LogP contribution in [0, 0.1) is 33.5 Å². The lowest BCUT2D eigenvalue weighted by molar-refractivity contribution is -0.177. The Morgan fingerprint density at radius 1 is 0.830 bits per heavy atom. The average Bonchev–Trinajstić information content (AvgIpc) is 3.35. The highest BCUT2D eigenvalue weighted by molar-refractivity contribution is 6.14. The van der Waals surface area contributed by atoms with Crippen LogP contribution in [0.2, 0.25) is 0 Å². The minimum Gasteiger partial charge on any atom is -0.395 e. The van der Waals surface area contributed by atoms with Crippen molar-refractivity contribution in [3.8, 4) is 11.1 Å². The largest absolute Gasteiger partial charge is 0.395 e. The lowest BCUT2D eigenvalue weighted by Crippen LogP contribution is -2.67. The highest BCUT2D eigenvalue weighted by atomic mass is 16.3. The zero-order valence-electron chi connectivity index (χ0n) is 28.2. The van der Waals surface area contributed by atoms with Crippen molar-refractivity contribution >= 4 is 5.78 Å². The monoisotopic (exact) mass is 636 g/mol. The lowest BCUT2D eigenvalue weighted by Gasteiger charge is -2.71. The number of ketones is 1. The van der Waals surface area contributed by atoms with Gasteiger partial charge in [-0.25, -0.2) is 0 Å². The molecule has 3 saturated carbocycles. The van der Waals surface area contributed by atoms with Crippen molar-refractivity contribution in [1.29, 1.82) is 0 Å². The molecule has 0 amide bonds. The number of hydrogen-bond acceptors (Lipinski definition) is 6. The van der Waals surface area contributed by atoms with E-state index in [4.69, 9.17) is 0 Å². The Balaban J connectivity index is 1.22. The van der Waals surface area contributed by atoms with Crippen molar-refractivity contribution in [2.75, 3.05) is 45.9 Å². The standard InChI is InChI=1S/C41H52N2O4/c1-37-15-12-30(45)26-39(37)18-19-41(33(27-39)36(46)32-11-7-6-10-31(32)29-8-4-3-5-9-29)34(37)13-16-38(2)35(41)14-17-40(38,47)28-43-22-20-42(21-23-43)24-25-44/h3-11,18-19,27,30,34-35,44-45,47H,12-17,20-26,28H2,1-2H3/t30?,34-,35-,37-,38+,39+,40-,41-/m1/s1. The van der Waals surface area contributed by atoms with E-state index in [1.54, 1.807) is 0 Å². The molecule has 1 saturated heterocycles. The molecular weight excluding hydrogens is 584 g/mol. The highest BCUT2D eigenvalue weighted by Gasteiger charge is 2.74. The van der Waals surface area contributed by atoms with Crippen LogP contribution >= 0.6 is 0 Å². The first kappa shape index (κ1) is 31.6. The number of carbonyl (C=O) groups excluding carboxylic acids is 1. The Morgan fingerprint density at radius 3 is 2.26 bits per heavy atom. The Morgan fingerprint density at radius 2 is 1.49 bits per heavy atom. The van der Waals surface area contributed by atoms with Gasteiger partial charge in [0.1, 0.15) is 0 Å². The molecule has 2 aromatic carbocycles. The number of aliphatic hydroxyl groups is 3. The maximum absolute atomic E-state index is 15.3. The molecule has 1 heterocycles. The summed E-state index contributed by atoms with van der Waals surface area (Å²) in [7, 11) is 0. The minimum absolute atomic E-state index is 0.0468. The zero-order valence-corrected chi connectivity index (χ0v) is 28.2. The van der Waals surface area contributed by atoms with Crippen LogP contribution < -0.4 is 0 Å². The van der Waals surface area contributed by atoms with E-state index in [0.717, 1.165) is 87.0 Å². The lowest BCUT2D eigenvalue weighted by atomic mass is 9.32. The van der Waals surface area contributed by atoms with Crippen LogP contribution in [-0.4, -0.2) is 88.5 Å². The molecule has 6 nitrogen and oxygen atoms in total. The fourth-order valence-electron chi connectivity index (χ4n) is 12.0. The van der Waals surface area contributed by atoms with Gasteiger partial charge in [-0.2, -0.15) is 0 Å². The van der Waals surface area contributed by atoms with Crippen LogP contribution in [-0.2, 0) is 0 Å². The van der Waals surface area contributed by atoms with Crippen molar-refractivity contribution in [2.45, 2.75) is 70.5 Å². The summed E-state index contributed by atoms with van der Waals surface area (Å²) in [6.45, 7) is 9.99. The van der Waals surface area contributed by atoms with E-state index in [1.165, 1.54) is 0 Å². The van der Waals surface area contributed by atoms with Crippen LogP contribution in [0.4, 0.5) is 0 Å². The van der Waals surface area contributed by atoms with Crippen LogP contribution in [0.5, 0.6) is 0 Å². The molecule has 2 bridgehead atoms. The molecule has 2 spiro atoms. The predicted molar refractivity (Wildman–Crippen MR) is 185 cm³/mol. The molecule has 1 unspecified atom stereocenters. The summed E-state index contributed by atoms with van der Waals surface area (Å²) in [4.78, 5) is 20.0. The van der Waals surface area contributed by atoms with Gasteiger partial charge in [-0.05, 0) is 73.3 Å². The van der Waals surface area contributed by atoms with Crippen molar-refractivity contribution in [1.82, 2.24) is 9.80 Å². The molecule has 47 heavy (non-hydrogen) atoms. The summed E-state index contributed by atoms with van der Waals surface area (Å²) < 4.78 is 0. The van der Waals surface area contributed by atoms with Gasteiger partial charge < -0.3 is 15.3 Å². The molecule has 7 aliphatic rings. The quantitative estimate of drug-likeness (QED) is 0.266. The summed E-state index contributed by atoms with van der Waals surface area (Å²) in [6.07, 6.45) is 12.8. The average molecular weight is 637 g/mol. The first-order chi connectivity index (χ1) is 22.6. The Labute approximate surface area is 280 Å². The molecule has 0 aromatic heterocycles. The van der Waals surface area contributed by atoms with Crippen molar-refractivity contribution in [2.24, 2.45) is 33.5 Å². The van der Waals surface area contributed by atoms with E-state index in [-0.39, 0.29) is 46.6 Å². The third kappa shape index (κ3) is 4.44. The second-order valence-corrected chi connectivity index (χ2v) is 16.4. The van der Waals surface area contributed by atoms with Gasteiger partial charge in [-0.3, -0.25) is 14.6 Å². The smallest absolute Gasteiger partial charge is 0.190 e. The number of rotatable bonds is 7. The van der Waals surface area contributed by atoms with E-state index in [2.05, 4.69) is 60.1 Å². The van der Waals surface area contributed by atoms with Gasteiger partial charge in [-0.1, -0.05) is 86.7 Å². The first-order valence-electron chi connectivity index (χ1n) is 18.2. The Bertz CT molecular complexity index is 1600. The maximum atomic E-state index is 15.3. The van der Waals surface area contributed by atoms with Gasteiger partial charge in [-0.15, -0.1) is 0 Å². The van der Waals surface area contributed by atoms with Crippen LogP contribution in [0.25, 0.3) is 11.1 Å². The third-order valence-corrected chi connectivity index (χ3v) is 14.6. The predicted octanol–water partition coefficient (Wildman–Crippen LogP) is 5.74. The second kappa shape index (κ2) is 11.2. The SMILES string of the molecule is C[C@]12CC[C@H]3[C@]4(C=C[C@@]5(C=C4C(=O)c4ccccc4-c4ccccc4)CC(O)CC[C@]35C)[C@@H]1CC[C@@]2(O)CN1CCN(CCO)CC1. The summed E-state index contributed by atoms with van der Waals surface area (Å²) in [5.74, 6) is 0.537. The molecule has 8 atom stereocenters. The number of carbonyl (C=O) groups is 1. The van der Waals surface area contributed by atoms with Crippen molar-refractivity contribution < 1.29 is 20.1 Å². The second-order valence-electron chi connectivity index (χ2n) is 16.4. The molecule has 9 rings (SSSR count). The summed E-state index contributed by atoms with van der Waals surface area (Å²) >= 11 is 0. The number of β-amino-alcohol motifs (C(OH)–C–C–N with tert-alkyl or cyclic N) is 2. The van der Waals surface area contributed by atoms with Gasteiger partial charge in [0, 0.05) is 66.7 Å². The molecule has 0 radical (unpaired) electrons. The van der Waals surface area contributed by atoms with E-state index in [0.29, 0.717) is 19.5 Å². The number of aliphatic hydroxyl groups excluding tert-OH is 2. The number of fused-ring (bicyclic) bond motifs is 1. The van der Waals surface area contributed by atoms with Gasteiger partial charge in [0.05, 0.1) is 18.3 Å². The first-order valence-corrected chi connectivity index (χ1v) is 18.2. The van der Waals surface area contributed by atoms with Gasteiger partial charge in [0.2, 0.25) is 0 Å². The zero-order chi connectivity index (χ0) is 32.7. The number of nitrogens with zero attached hydrogens (tertiary/aromatic N) is 2. The highest BCUT2D eigenvalue weighted by Crippen LogP contribution is 2.78. The molecule has 6 heteroatoms. The fourth-order valence-corrected chi connectivity index (χ4v) is 12.0. The van der Waals surface area contributed by atoms with E-state index in [1.807, 2.05) is 36.4 Å². The maximum Gasteiger partial charge on any atom is 0.190 e. The Hall–Kier alpha value is -2.61. The normalized spacial score (nSPS) is 41.2. The molecule has 250 valence electrons. The van der Waals surface area contributed by atoms with Crippen LogP contribution in [0.15, 0.2) is 78.4 Å². The third-order valence-electron chi connectivity index (χ3n) is 14.6. The van der Waals surface area contributed by atoms with Gasteiger partial charge in [0.25, 0.3) is 0 Å². The van der Waals surface area contributed by atoms with Gasteiger partial charge >= 0.3 is 0 Å². The molecule has 6 aliphatic carbocycles. The number of benzene rings is 2. The molecule has 3 N–H and O–H groups in total. The molecule has 1 aliphatic heterocycles. The molecule has 4 fully saturated rings. The molecule has 2 aromatic rings. The van der Waals surface area contributed by atoms with E-state index in [9.17, 15) is 15.3 Å². The summed E-state index contributed by atoms with van der Waals surface area (Å²) in [6, 6.07) is 18.3. The number of Topliss-reactive ketones (excluding diaryl/α,β-unsaturated/α-hetero) is 1. The number of piperazine rings is 1. The Kier molecular flexibility index (Phi) is 7.55. The summed E-state index contributed by atoms with van der Waals surface area (Å²) in [5, 5.41) is 33.3.